The maximum absolute atomic E-state index is 11.0. The fourth-order valence-corrected chi connectivity index (χ4v) is 3.38. The van der Waals surface area contributed by atoms with E-state index in [-0.39, 0.29) is 5.91 Å². The molecule has 1 aliphatic heterocycles. The number of rotatable bonds is 5. The standard InChI is InChI=1S/C18H25N3O2/c1-12-16-8-15(23-3)4-5-17(16)20-18(12)11-21-7-6-14(10-21)9-19-13(2)22/h4-5,8,14,20H,6-7,9-11H2,1-3H3,(H,19,22)/t14-/m1/s1. The molecule has 1 atom stereocenters. The Labute approximate surface area is 137 Å². The summed E-state index contributed by atoms with van der Waals surface area (Å²) in [6.45, 7) is 7.59. The summed E-state index contributed by atoms with van der Waals surface area (Å²) in [5.41, 5.74) is 3.73. The van der Waals surface area contributed by atoms with Crippen LogP contribution in [0.5, 0.6) is 5.75 Å². The van der Waals surface area contributed by atoms with Crippen LogP contribution in [0.15, 0.2) is 18.2 Å². The van der Waals surface area contributed by atoms with Gasteiger partial charge in [0.05, 0.1) is 7.11 Å². The van der Waals surface area contributed by atoms with Crippen molar-refractivity contribution in [1.29, 1.82) is 0 Å². The van der Waals surface area contributed by atoms with Crippen LogP contribution >= 0.6 is 0 Å². The van der Waals surface area contributed by atoms with Gasteiger partial charge in [0.25, 0.3) is 0 Å². The number of hydrogen-bond donors (Lipinski definition) is 2. The summed E-state index contributed by atoms with van der Waals surface area (Å²) in [4.78, 5) is 17.0. The molecular weight excluding hydrogens is 290 g/mol. The molecule has 1 amide bonds. The lowest BCUT2D eigenvalue weighted by molar-refractivity contribution is -0.119. The molecule has 1 aromatic carbocycles. The lowest BCUT2D eigenvalue weighted by atomic mass is 10.1. The number of nitrogens with zero attached hydrogens (tertiary/aromatic N) is 1. The molecule has 0 radical (unpaired) electrons. The average molecular weight is 315 g/mol. The molecule has 1 aliphatic rings. The van der Waals surface area contributed by atoms with Crippen molar-refractivity contribution in [2.75, 3.05) is 26.7 Å². The number of amides is 1. The number of likely N-dealkylation sites (tertiary alicyclic amines) is 1. The second-order valence-corrected chi connectivity index (χ2v) is 6.47. The molecule has 3 rings (SSSR count). The Morgan fingerprint density at radius 2 is 2.30 bits per heavy atom. The van der Waals surface area contributed by atoms with Gasteiger partial charge in [-0.2, -0.15) is 0 Å². The van der Waals surface area contributed by atoms with Gasteiger partial charge in [-0.15, -0.1) is 0 Å². The van der Waals surface area contributed by atoms with Crippen LogP contribution in [0.2, 0.25) is 0 Å². The molecule has 2 heterocycles. The van der Waals surface area contributed by atoms with Gasteiger partial charge in [-0.3, -0.25) is 9.69 Å². The van der Waals surface area contributed by atoms with E-state index >= 15 is 0 Å². The van der Waals surface area contributed by atoms with Gasteiger partial charge in [-0.05, 0) is 49.6 Å². The largest absolute Gasteiger partial charge is 0.497 e. The van der Waals surface area contributed by atoms with Crippen molar-refractivity contribution < 1.29 is 9.53 Å². The van der Waals surface area contributed by atoms with E-state index in [1.165, 1.54) is 16.6 Å². The number of H-pyrrole nitrogens is 1. The monoisotopic (exact) mass is 315 g/mol. The van der Waals surface area contributed by atoms with Gasteiger partial charge < -0.3 is 15.0 Å². The molecule has 124 valence electrons. The van der Waals surface area contributed by atoms with Crippen LogP contribution < -0.4 is 10.1 Å². The van der Waals surface area contributed by atoms with Gasteiger partial charge in [-0.25, -0.2) is 0 Å². The molecule has 2 aromatic rings. The van der Waals surface area contributed by atoms with Crippen molar-refractivity contribution in [3.63, 3.8) is 0 Å². The van der Waals surface area contributed by atoms with Crippen LogP contribution in [0.1, 0.15) is 24.6 Å². The van der Waals surface area contributed by atoms with E-state index in [1.54, 1.807) is 14.0 Å². The molecule has 2 N–H and O–H groups in total. The van der Waals surface area contributed by atoms with E-state index in [4.69, 9.17) is 4.74 Å². The van der Waals surface area contributed by atoms with Gasteiger partial charge in [0.1, 0.15) is 5.75 Å². The Morgan fingerprint density at radius 3 is 3.04 bits per heavy atom. The third-order valence-electron chi connectivity index (χ3n) is 4.76. The highest BCUT2D eigenvalue weighted by Crippen LogP contribution is 2.27. The number of ether oxygens (including phenoxy) is 1. The molecular formula is C18H25N3O2. The normalized spacial score (nSPS) is 18.5. The van der Waals surface area contributed by atoms with Crippen molar-refractivity contribution in [1.82, 2.24) is 15.2 Å². The Balaban J connectivity index is 1.68. The quantitative estimate of drug-likeness (QED) is 0.891. The first kappa shape index (κ1) is 15.9. The summed E-state index contributed by atoms with van der Waals surface area (Å²) in [6.07, 6.45) is 1.15. The van der Waals surface area contributed by atoms with Gasteiger partial charge >= 0.3 is 0 Å². The summed E-state index contributed by atoms with van der Waals surface area (Å²) < 4.78 is 5.32. The van der Waals surface area contributed by atoms with Gasteiger partial charge in [0.15, 0.2) is 0 Å². The third-order valence-corrected chi connectivity index (χ3v) is 4.76. The Hall–Kier alpha value is -2.01. The fraction of sp³-hybridized carbons (Fsp3) is 0.500. The Morgan fingerprint density at radius 1 is 1.48 bits per heavy atom. The maximum Gasteiger partial charge on any atom is 0.216 e. The highest BCUT2D eigenvalue weighted by molar-refractivity contribution is 5.85. The highest BCUT2D eigenvalue weighted by Gasteiger charge is 2.23. The number of fused-ring (bicyclic) bond motifs is 1. The van der Waals surface area contributed by atoms with Crippen LogP contribution in [0.4, 0.5) is 0 Å². The summed E-state index contributed by atoms with van der Waals surface area (Å²) >= 11 is 0. The van der Waals surface area contributed by atoms with E-state index in [0.29, 0.717) is 5.92 Å². The maximum atomic E-state index is 11.0. The molecule has 1 saturated heterocycles. The summed E-state index contributed by atoms with van der Waals surface area (Å²) in [7, 11) is 1.70. The third kappa shape index (κ3) is 3.50. The van der Waals surface area contributed by atoms with Crippen LogP contribution in [0.25, 0.3) is 10.9 Å². The zero-order valence-corrected chi connectivity index (χ0v) is 14.1. The van der Waals surface area contributed by atoms with Crippen molar-refractivity contribution >= 4 is 16.8 Å². The number of benzene rings is 1. The van der Waals surface area contributed by atoms with Crippen LogP contribution in [0.3, 0.4) is 0 Å². The number of aromatic nitrogens is 1. The number of nitrogens with one attached hydrogen (secondary N) is 2. The van der Waals surface area contributed by atoms with Crippen molar-refractivity contribution in [2.24, 2.45) is 5.92 Å². The zero-order chi connectivity index (χ0) is 16.4. The van der Waals surface area contributed by atoms with E-state index in [2.05, 4.69) is 34.3 Å². The summed E-state index contributed by atoms with van der Waals surface area (Å²) in [5.74, 6) is 1.51. The van der Waals surface area contributed by atoms with Crippen LogP contribution in [0, 0.1) is 12.8 Å². The number of hydrogen-bond acceptors (Lipinski definition) is 3. The minimum atomic E-state index is 0.0591. The lowest BCUT2D eigenvalue weighted by Crippen LogP contribution is -2.29. The number of aryl methyl sites for hydroxylation is 1. The second kappa shape index (κ2) is 6.62. The van der Waals surface area contributed by atoms with E-state index in [9.17, 15) is 4.79 Å². The van der Waals surface area contributed by atoms with E-state index in [0.717, 1.165) is 43.9 Å². The first-order valence-electron chi connectivity index (χ1n) is 8.19. The number of methoxy groups -OCH3 is 1. The number of carbonyl (C=O) groups is 1. The molecule has 0 unspecified atom stereocenters. The first-order chi connectivity index (χ1) is 11.1. The highest BCUT2D eigenvalue weighted by atomic mass is 16.5. The van der Waals surface area contributed by atoms with Crippen molar-refractivity contribution in [3.05, 3.63) is 29.5 Å². The fourth-order valence-electron chi connectivity index (χ4n) is 3.38. The second-order valence-electron chi connectivity index (χ2n) is 6.47. The van der Waals surface area contributed by atoms with Crippen LogP contribution in [-0.4, -0.2) is 42.5 Å². The van der Waals surface area contributed by atoms with Crippen molar-refractivity contribution in [2.45, 2.75) is 26.8 Å². The molecule has 0 saturated carbocycles. The molecule has 1 aromatic heterocycles. The molecule has 23 heavy (non-hydrogen) atoms. The van der Waals surface area contributed by atoms with E-state index < -0.39 is 0 Å². The molecule has 0 spiro atoms. The number of aromatic amines is 1. The smallest absolute Gasteiger partial charge is 0.216 e. The minimum absolute atomic E-state index is 0.0591. The molecule has 5 heteroatoms. The number of carbonyl (C=O) groups excluding carboxylic acids is 1. The summed E-state index contributed by atoms with van der Waals surface area (Å²) in [6, 6.07) is 6.16. The molecule has 0 bridgehead atoms. The molecule has 5 nitrogen and oxygen atoms in total. The SMILES string of the molecule is COc1ccc2[nH]c(CN3CC[C@H](CNC(C)=O)C3)c(C)c2c1. The Kier molecular flexibility index (Phi) is 4.57. The summed E-state index contributed by atoms with van der Waals surface area (Å²) in [5, 5.41) is 4.16. The first-order valence-corrected chi connectivity index (χ1v) is 8.19. The van der Waals surface area contributed by atoms with Gasteiger partial charge in [-0.1, -0.05) is 0 Å². The topological polar surface area (TPSA) is 57.4 Å². The Bertz CT molecular complexity index is 708. The minimum Gasteiger partial charge on any atom is -0.497 e. The molecule has 1 fully saturated rings. The predicted molar refractivity (Wildman–Crippen MR) is 91.7 cm³/mol. The average Bonchev–Trinajstić information content (AvgIpc) is 3.11. The zero-order valence-electron chi connectivity index (χ0n) is 14.1. The van der Waals surface area contributed by atoms with E-state index in [1.807, 2.05) is 6.07 Å². The van der Waals surface area contributed by atoms with Crippen LogP contribution in [-0.2, 0) is 11.3 Å². The molecule has 0 aliphatic carbocycles. The lowest BCUT2D eigenvalue weighted by Gasteiger charge is -2.16. The van der Waals surface area contributed by atoms with Gasteiger partial charge in [0, 0.05) is 43.2 Å². The van der Waals surface area contributed by atoms with Gasteiger partial charge in [0.2, 0.25) is 5.91 Å². The van der Waals surface area contributed by atoms with Crippen molar-refractivity contribution in [3.8, 4) is 5.75 Å². The predicted octanol–water partition coefficient (Wildman–Crippen LogP) is 2.44.